The molecule has 2 aromatic heterocycles. The van der Waals surface area contributed by atoms with Gasteiger partial charge in [0.1, 0.15) is 6.10 Å². The Balaban J connectivity index is 1.68. The highest BCUT2D eigenvalue weighted by Gasteiger charge is 2.26. The average Bonchev–Trinajstić information content (AvgIpc) is 2.89. The maximum atomic E-state index is 5.72. The lowest BCUT2D eigenvalue weighted by Gasteiger charge is -2.31. The van der Waals surface area contributed by atoms with Crippen LogP contribution < -0.4 is 0 Å². The standard InChI is InChI=1S/C14H18N4O2/c1-10-12(4-3-5-15-10)8-18-6-7-19-13(9-18)14-17-16-11(2)20-14/h3-5,13H,6-9H2,1-2H3. The second-order valence-corrected chi connectivity index (χ2v) is 5.00. The van der Waals surface area contributed by atoms with E-state index in [1.165, 1.54) is 5.56 Å². The molecule has 3 rings (SSSR count). The Bertz CT molecular complexity index is 584. The Morgan fingerprint density at radius 2 is 2.25 bits per heavy atom. The molecule has 106 valence electrons. The quantitative estimate of drug-likeness (QED) is 0.848. The molecule has 0 amide bonds. The van der Waals surface area contributed by atoms with Crippen molar-refractivity contribution in [3.8, 4) is 0 Å². The van der Waals surface area contributed by atoms with Crippen LogP contribution >= 0.6 is 0 Å². The van der Waals surface area contributed by atoms with Gasteiger partial charge in [0, 0.05) is 38.4 Å². The molecular formula is C14H18N4O2. The molecule has 1 aliphatic rings. The first kappa shape index (κ1) is 13.2. The molecule has 0 N–H and O–H groups in total. The topological polar surface area (TPSA) is 64.3 Å². The number of nitrogens with zero attached hydrogens (tertiary/aromatic N) is 4. The van der Waals surface area contributed by atoms with Gasteiger partial charge >= 0.3 is 0 Å². The Morgan fingerprint density at radius 3 is 3.00 bits per heavy atom. The van der Waals surface area contributed by atoms with E-state index in [-0.39, 0.29) is 6.10 Å². The summed E-state index contributed by atoms with van der Waals surface area (Å²) in [7, 11) is 0. The first-order chi connectivity index (χ1) is 9.72. The van der Waals surface area contributed by atoms with Crippen LogP contribution in [-0.4, -0.2) is 39.8 Å². The summed E-state index contributed by atoms with van der Waals surface area (Å²) < 4.78 is 11.2. The summed E-state index contributed by atoms with van der Waals surface area (Å²) >= 11 is 0. The van der Waals surface area contributed by atoms with Gasteiger partial charge in [0.2, 0.25) is 11.8 Å². The summed E-state index contributed by atoms with van der Waals surface area (Å²) in [6, 6.07) is 4.09. The molecule has 0 bridgehead atoms. The molecular weight excluding hydrogens is 256 g/mol. The number of hydrogen-bond acceptors (Lipinski definition) is 6. The highest BCUT2D eigenvalue weighted by Crippen LogP contribution is 2.22. The van der Waals surface area contributed by atoms with E-state index in [4.69, 9.17) is 9.15 Å². The zero-order valence-electron chi connectivity index (χ0n) is 11.7. The molecule has 0 spiro atoms. The third-order valence-corrected chi connectivity index (χ3v) is 3.48. The van der Waals surface area contributed by atoms with Gasteiger partial charge in [-0.3, -0.25) is 9.88 Å². The summed E-state index contributed by atoms with van der Waals surface area (Å²) in [6.07, 6.45) is 1.68. The highest BCUT2D eigenvalue weighted by atomic mass is 16.5. The van der Waals surface area contributed by atoms with Gasteiger partial charge in [0.15, 0.2) is 0 Å². The van der Waals surface area contributed by atoms with Crippen molar-refractivity contribution in [1.82, 2.24) is 20.1 Å². The fourth-order valence-electron chi connectivity index (χ4n) is 2.36. The van der Waals surface area contributed by atoms with Crippen LogP contribution in [0.1, 0.15) is 29.1 Å². The fraction of sp³-hybridized carbons (Fsp3) is 0.500. The van der Waals surface area contributed by atoms with Gasteiger partial charge in [-0.15, -0.1) is 10.2 Å². The molecule has 1 fully saturated rings. The normalized spacial score (nSPS) is 20.2. The van der Waals surface area contributed by atoms with Crippen LogP contribution in [0.5, 0.6) is 0 Å². The van der Waals surface area contributed by atoms with Crippen molar-refractivity contribution < 1.29 is 9.15 Å². The molecule has 6 nitrogen and oxygen atoms in total. The van der Waals surface area contributed by atoms with Gasteiger partial charge in [-0.05, 0) is 18.6 Å². The first-order valence-electron chi connectivity index (χ1n) is 6.77. The minimum Gasteiger partial charge on any atom is -0.423 e. The zero-order chi connectivity index (χ0) is 13.9. The van der Waals surface area contributed by atoms with Crippen LogP contribution in [0, 0.1) is 13.8 Å². The monoisotopic (exact) mass is 274 g/mol. The summed E-state index contributed by atoms with van der Waals surface area (Å²) in [5, 5.41) is 7.91. The molecule has 6 heteroatoms. The molecule has 1 atom stereocenters. The second-order valence-electron chi connectivity index (χ2n) is 5.00. The van der Waals surface area contributed by atoms with E-state index in [9.17, 15) is 0 Å². The molecule has 1 aliphatic heterocycles. The SMILES string of the molecule is Cc1nnc(C2CN(Cc3cccnc3C)CCO2)o1. The van der Waals surface area contributed by atoms with E-state index in [0.29, 0.717) is 18.4 Å². The second kappa shape index (κ2) is 5.68. The van der Waals surface area contributed by atoms with Crippen LogP contribution in [0.3, 0.4) is 0 Å². The van der Waals surface area contributed by atoms with Crippen molar-refractivity contribution in [2.24, 2.45) is 0 Å². The van der Waals surface area contributed by atoms with Gasteiger partial charge < -0.3 is 9.15 Å². The van der Waals surface area contributed by atoms with Gasteiger partial charge in [-0.2, -0.15) is 0 Å². The highest BCUT2D eigenvalue weighted by molar-refractivity contribution is 5.18. The third-order valence-electron chi connectivity index (χ3n) is 3.48. The molecule has 1 saturated heterocycles. The minimum atomic E-state index is -0.137. The first-order valence-corrected chi connectivity index (χ1v) is 6.77. The van der Waals surface area contributed by atoms with E-state index in [0.717, 1.165) is 25.3 Å². The van der Waals surface area contributed by atoms with Crippen LogP contribution in [0.2, 0.25) is 0 Å². The minimum absolute atomic E-state index is 0.137. The van der Waals surface area contributed by atoms with Crippen molar-refractivity contribution in [2.45, 2.75) is 26.5 Å². The molecule has 0 saturated carbocycles. The predicted molar refractivity (Wildman–Crippen MR) is 72.0 cm³/mol. The lowest BCUT2D eigenvalue weighted by atomic mass is 10.1. The number of aryl methyl sites for hydroxylation is 2. The Morgan fingerprint density at radius 1 is 1.35 bits per heavy atom. The average molecular weight is 274 g/mol. The summed E-state index contributed by atoms with van der Waals surface area (Å²) in [5.41, 5.74) is 2.32. The maximum absolute atomic E-state index is 5.72. The van der Waals surface area contributed by atoms with Crippen molar-refractivity contribution >= 4 is 0 Å². The lowest BCUT2D eigenvalue weighted by Crippen LogP contribution is -2.38. The molecule has 2 aromatic rings. The van der Waals surface area contributed by atoms with E-state index >= 15 is 0 Å². The van der Waals surface area contributed by atoms with Gasteiger partial charge in [0.05, 0.1) is 6.61 Å². The van der Waals surface area contributed by atoms with Crippen LogP contribution in [0.25, 0.3) is 0 Å². The number of hydrogen-bond donors (Lipinski definition) is 0. The smallest absolute Gasteiger partial charge is 0.246 e. The van der Waals surface area contributed by atoms with Gasteiger partial charge in [-0.25, -0.2) is 0 Å². The molecule has 0 aromatic carbocycles. The van der Waals surface area contributed by atoms with Gasteiger partial charge in [-0.1, -0.05) is 6.07 Å². The van der Waals surface area contributed by atoms with E-state index in [1.54, 1.807) is 6.92 Å². The Kier molecular flexibility index (Phi) is 3.75. The maximum Gasteiger partial charge on any atom is 0.246 e. The van der Waals surface area contributed by atoms with Crippen LogP contribution in [0.4, 0.5) is 0 Å². The number of rotatable bonds is 3. The number of ether oxygens (including phenoxy) is 1. The third kappa shape index (κ3) is 2.86. The molecule has 0 radical (unpaired) electrons. The number of aromatic nitrogens is 3. The predicted octanol–water partition coefficient (Wildman–Crippen LogP) is 1.65. The largest absolute Gasteiger partial charge is 0.423 e. The molecule has 0 aliphatic carbocycles. The van der Waals surface area contributed by atoms with Crippen molar-refractivity contribution in [3.05, 3.63) is 41.4 Å². The van der Waals surface area contributed by atoms with Gasteiger partial charge in [0.25, 0.3) is 0 Å². The molecule has 1 unspecified atom stereocenters. The Hall–Kier alpha value is -1.79. The zero-order valence-corrected chi connectivity index (χ0v) is 11.7. The molecule has 20 heavy (non-hydrogen) atoms. The van der Waals surface area contributed by atoms with Crippen molar-refractivity contribution in [3.63, 3.8) is 0 Å². The number of pyridine rings is 1. The Labute approximate surface area is 117 Å². The van der Waals surface area contributed by atoms with Crippen molar-refractivity contribution in [1.29, 1.82) is 0 Å². The fourth-order valence-corrected chi connectivity index (χ4v) is 2.36. The summed E-state index contributed by atoms with van der Waals surface area (Å²) in [4.78, 5) is 6.66. The number of morpholine rings is 1. The summed E-state index contributed by atoms with van der Waals surface area (Å²) in [6.45, 7) is 7.02. The van der Waals surface area contributed by atoms with E-state index < -0.39 is 0 Å². The lowest BCUT2D eigenvalue weighted by molar-refractivity contribution is -0.0457. The molecule has 3 heterocycles. The van der Waals surface area contributed by atoms with Crippen molar-refractivity contribution in [2.75, 3.05) is 19.7 Å². The van der Waals surface area contributed by atoms with E-state index in [2.05, 4.69) is 26.1 Å². The van der Waals surface area contributed by atoms with Crippen LogP contribution in [0.15, 0.2) is 22.7 Å². The van der Waals surface area contributed by atoms with E-state index in [1.807, 2.05) is 19.2 Å². The van der Waals surface area contributed by atoms with Crippen LogP contribution in [-0.2, 0) is 11.3 Å². The summed E-state index contributed by atoms with van der Waals surface area (Å²) in [5.74, 6) is 1.14.